The van der Waals surface area contributed by atoms with Gasteiger partial charge in [0.05, 0.1) is 5.02 Å². The van der Waals surface area contributed by atoms with Gasteiger partial charge in [-0.15, -0.1) is 0 Å². The monoisotopic (exact) mass is 319 g/mol. The van der Waals surface area contributed by atoms with E-state index in [0.717, 1.165) is 13.0 Å². The molecule has 94 valence electrons. The molecular weight excluding hydrogens is 305 g/mol. The van der Waals surface area contributed by atoms with Crippen molar-refractivity contribution < 1.29 is 4.39 Å². The fourth-order valence-corrected chi connectivity index (χ4v) is 2.79. The van der Waals surface area contributed by atoms with Crippen molar-refractivity contribution in [1.82, 2.24) is 5.32 Å². The zero-order chi connectivity index (χ0) is 12.6. The summed E-state index contributed by atoms with van der Waals surface area (Å²) in [6.07, 6.45) is 1.16. The second kappa shape index (κ2) is 5.25. The van der Waals surface area contributed by atoms with Crippen molar-refractivity contribution in [1.29, 1.82) is 0 Å². The van der Waals surface area contributed by atoms with Crippen LogP contribution in [0.15, 0.2) is 16.6 Å². The standard InChI is InChI=1S/C13H16BrClFN/c1-3-17-13(9-6-7(9)2)8-4-5-10(14)11(15)12(8)16/h4-5,7,9,13,17H,3,6H2,1-2H3. The summed E-state index contributed by atoms with van der Waals surface area (Å²) in [5, 5.41) is 3.54. The molecule has 3 atom stereocenters. The van der Waals surface area contributed by atoms with E-state index in [-0.39, 0.29) is 16.9 Å². The number of hydrogen-bond acceptors (Lipinski definition) is 1. The van der Waals surface area contributed by atoms with E-state index in [1.54, 1.807) is 0 Å². The molecule has 0 saturated heterocycles. The summed E-state index contributed by atoms with van der Waals surface area (Å²) in [5.41, 5.74) is 0.689. The van der Waals surface area contributed by atoms with Gasteiger partial charge in [0.15, 0.2) is 0 Å². The lowest BCUT2D eigenvalue weighted by atomic mass is 10.0. The summed E-state index contributed by atoms with van der Waals surface area (Å²) in [6, 6.07) is 3.72. The Morgan fingerprint density at radius 1 is 1.59 bits per heavy atom. The van der Waals surface area contributed by atoms with Gasteiger partial charge in [-0.3, -0.25) is 0 Å². The summed E-state index contributed by atoms with van der Waals surface area (Å²) in [5.74, 6) is 0.897. The molecule has 1 aromatic carbocycles. The van der Waals surface area contributed by atoms with Crippen LogP contribution in [0, 0.1) is 17.7 Å². The minimum Gasteiger partial charge on any atom is -0.310 e. The van der Waals surface area contributed by atoms with Crippen LogP contribution in [0.3, 0.4) is 0 Å². The van der Waals surface area contributed by atoms with Crippen LogP contribution in [0.2, 0.25) is 5.02 Å². The third-order valence-corrected chi connectivity index (χ3v) is 4.68. The first-order valence-electron chi connectivity index (χ1n) is 5.93. The van der Waals surface area contributed by atoms with Crippen LogP contribution < -0.4 is 5.32 Å². The normalized spacial score (nSPS) is 24.8. The van der Waals surface area contributed by atoms with Gasteiger partial charge in [0, 0.05) is 16.1 Å². The second-order valence-electron chi connectivity index (χ2n) is 4.68. The van der Waals surface area contributed by atoms with Crippen molar-refractivity contribution in [2.75, 3.05) is 6.54 Å². The number of hydrogen-bond donors (Lipinski definition) is 1. The zero-order valence-corrected chi connectivity index (χ0v) is 12.3. The first-order chi connectivity index (χ1) is 8.06. The largest absolute Gasteiger partial charge is 0.310 e. The van der Waals surface area contributed by atoms with Gasteiger partial charge < -0.3 is 5.32 Å². The minimum atomic E-state index is -0.300. The molecule has 0 bridgehead atoms. The van der Waals surface area contributed by atoms with Crippen molar-refractivity contribution in [3.63, 3.8) is 0 Å². The van der Waals surface area contributed by atoms with Crippen LogP contribution in [0.1, 0.15) is 31.9 Å². The maximum absolute atomic E-state index is 14.1. The molecule has 1 aromatic rings. The zero-order valence-electron chi connectivity index (χ0n) is 9.93. The molecule has 17 heavy (non-hydrogen) atoms. The lowest BCUT2D eigenvalue weighted by molar-refractivity contribution is 0.452. The number of benzene rings is 1. The summed E-state index contributed by atoms with van der Waals surface area (Å²) in [4.78, 5) is 0. The van der Waals surface area contributed by atoms with Crippen LogP contribution in [0.5, 0.6) is 0 Å². The van der Waals surface area contributed by atoms with E-state index in [9.17, 15) is 4.39 Å². The first-order valence-corrected chi connectivity index (χ1v) is 7.10. The van der Waals surface area contributed by atoms with E-state index in [0.29, 0.717) is 21.9 Å². The van der Waals surface area contributed by atoms with Crippen molar-refractivity contribution in [3.05, 3.63) is 33.0 Å². The Kier molecular flexibility index (Phi) is 4.11. The SMILES string of the molecule is CCNC(c1ccc(Br)c(Cl)c1F)C1CC1C. The van der Waals surface area contributed by atoms with E-state index >= 15 is 0 Å². The molecule has 0 spiro atoms. The Morgan fingerprint density at radius 2 is 2.24 bits per heavy atom. The lowest BCUT2D eigenvalue weighted by Gasteiger charge is -2.19. The van der Waals surface area contributed by atoms with Crippen LogP contribution in [-0.4, -0.2) is 6.54 Å². The Labute approximate surface area is 115 Å². The molecule has 1 saturated carbocycles. The highest BCUT2D eigenvalue weighted by atomic mass is 79.9. The van der Waals surface area contributed by atoms with Gasteiger partial charge >= 0.3 is 0 Å². The molecule has 0 aromatic heterocycles. The molecule has 1 aliphatic rings. The highest BCUT2D eigenvalue weighted by Gasteiger charge is 2.41. The van der Waals surface area contributed by atoms with E-state index in [2.05, 4.69) is 28.2 Å². The number of nitrogens with one attached hydrogen (secondary N) is 1. The second-order valence-corrected chi connectivity index (χ2v) is 5.91. The van der Waals surface area contributed by atoms with Crippen molar-refractivity contribution in [2.24, 2.45) is 11.8 Å². The third kappa shape index (κ3) is 2.67. The molecule has 1 fully saturated rings. The molecule has 2 rings (SSSR count). The van der Waals surface area contributed by atoms with Gasteiger partial charge in [-0.05, 0) is 46.8 Å². The molecular formula is C13H16BrClFN. The third-order valence-electron chi connectivity index (χ3n) is 3.42. The van der Waals surface area contributed by atoms with Crippen LogP contribution in [-0.2, 0) is 0 Å². The molecule has 0 amide bonds. The van der Waals surface area contributed by atoms with Crippen molar-refractivity contribution in [3.8, 4) is 0 Å². The Morgan fingerprint density at radius 3 is 2.76 bits per heavy atom. The summed E-state index contributed by atoms with van der Waals surface area (Å²) in [7, 11) is 0. The summed E-state index contributed by atoms with van der Waals surface area (Å²) in [6.45, 7) is 5.08. The lowest BCUT2D eigenvalue weighted by Crippen LogP contribution is -2.24. The minimum absolute atomic E-state index is 0.0839. The topological polar surface area (TPSA) is 12.0 Å². The number of rotatable bonds is 4. The van der Waals surface area contributed by atoms with E-state index in [1.807, 2.05) is 19.1 Å². The fraction of sp³-hybridized carbons (Fsp3) is 0.538. The predicted octanol–water partition coefficient (Wildman–Crippen LogP) is 4.55. The maximum Gasteiger partial charge on any atom is 0.147 e. The molecule has 1 nitrogen and oxygen atoms in total. The predicted molar refractivity (Wildman–Crippen MR) is 72.8 cm³/mol. The van der Waals surface area contributed by atoms with Crippen LogP contribution in [0.4, 0.5) is 4.39 Å². The first kappa shape index (κ1) is 13.3. The fourth-order valence-electron chi connectivity index (χ4n) is 2.31. The molecule has 3 unspecified atom stereocenters. The van der Waals surface area contributed by atoms with Gasteiger partial charge in [-0.2, -0.15) is 0 Å². The van der Waals surface area contributed by atoms with Crippen LogP contribution >= 0.6 is 27.5 Å². The summed E-state index contributed by atoms with van der Waals surface area (Å²) < 4.78 is 14.8. The van der Waals surface area contributed by atoms with Gasteiger partial charge in [0.2, 0.25) is 0 Å². The quantitative estimate of drug-likeness (QED) is 0.803. The Bertz CT molecular complexity index is 424. The highest BCUT2D eigenvalue weighted by molar-refractivity contribution is 9.10. The molecule has 1 aliphatic carbocycles. The van der Waals surface area contributed by atoms with Gasteiger partial charge in [-0.25, -0.2) is 4.39 Å². The molecule has 0 aliphatic heterocycles. The molecule has 0 radical (unpaired) electrons. The Hall–Kier alpha value is -0.120. The van der Waals surface area contributed by atoms with Crippen molar-refractivity contribution >= 4 is 27.5 Å². The van der Waals surface area contributed by atoms with E-state index in [1.165, 1.54) is 0 Å². The van der Waals surface area contributed by atoms with Gasteiger partial charge in [-0.1, -0.05) is 31.5 Å². The van der Waals surface area contributed by atoms with E-state index < -0.39 is 0 Å². The average molecular weight is 321 g/mol. The van der Waals surface area contributed by atoms with E-state index in [4.69, 9.17) is 11.6 Å². The maximum atomic E-state index is 14.1. The van der Waals surface area contributed by atoms with Crippen molar-refractivity contribution in [2.45, 2.75) is 26.3 Å². The molecule has 0 heterocycles. The van der Waals surface area contributed by atoms with Gasteiger partial charge in [0.1, 0.15) is 5.82 Å². The van der Waals surface area contributed by atoms with Crippen LogP contribution in [0.25, 0.3) is 0 Å². The Balaban J connectivity index is 2.33. The number of halogens is 3. The summed E-state index contributed by atoms with van der Waals surface area (Å²) >= 11 is 9.18. The average Bonchev–Trinajstić information content (AvgIpc) is 3.01. The highest BCUT2D eigenvalue weighted by Crippen LogP contribution is 2.48. The molecule has 1 N–H and O–H groups in total. The van der Waals surface area contributed by atoms with Gasteiger partial charge in [0.25, 0.3) is 0 Å². The smallest absolute Gasteiger partial charge is 0.147 e. The molecule has 4 heteroatoms.